The van der Waals surface area contributed by atoms with Crippen LogP contribution in [0.25, 0.3) is 0 Å². The standard InChI is InChI=1S/C26H29F2NO4/c1-16(23(30)17-5-7-19(8-6-17)26(2,3)4)33-25(32)18-11-13-29(14-12-18)24(31)21-10-9-20(27)15-22(21)28/h5-10,15-16,18H,11-14H2,1-4H3. The average Bonchev–Trinajstić information content (AvgIpc) is 2.77. The number of Topliss-reactive ketones (excluding diaryl/α,β-unsaturated/α-hetero) is 1. The Labute approximate surface area is 192 Å². The lowest BCUT2D eigenvalue weighted by Crippen LogP contribution is -2.41. The molecule has 1 heterocycles. The van der Waals surface area contributed by atoms with E-state index in [9.17, 15) is 23.2 Å². The minimum absolute atomic E-state index is 0.0294. The van der Waals surface area contributed by atoms with Crippen LogP contribution in [-0.4, -0.2) is 41.8 Å². The van der Waals surface area contributed by atoms with Crippen molar-refractivity contribution >= 4 is 17.7 Å². The normalized spacial score (nSPS) is 15.8. The molecule has 7 heteroatoms. The molecule has 1 amide bonds. The van der Waals surface area contributed by atoms with E-state index in [4.69, 9.17) is 4.74 Å². The lowest BCUT2D eigenvalue weighted by Gasteiger charge is -2.31. The molecule has 2 aromatic carbocycles. The van der Waals surface area contributed by atoms with Crippen molar-refractivity contribution in [2.24, 2.45) is 5.92 Å². The number of ketones is 1. The van der Waals surface area contributed by atoms with Crippen molar-refractivity contribution in [3.8, 4) is 0 Å². The van der Waals surface area contributed by atoms with Gasteiger partial charge in [-0.1, -0.05) is 45.0 Å². The van der Waals surface area contributed by atoms with Crippen LogP contribution in [0, 0.1) is 17.6 Å². The number of nitrogens with zero attached hydrogens (tertiary/aromatic N) is 1. The Hall–Kier alpha value is -3.09. The first-order chi connectivity index (χ1) is 15.5. The third-order valence-electron chi connectivity index (χ3n) is 5.97. The monoisotopic (exact) mass is 457 g/mol. The molecule has 33 heavy (non-hydrogen) atoms. The minimum Gasteiger partial charge on any atom is -0.454 e. The summed E-state index contributed by atoms with van der Waals surface area (Å²) in [4.78, 5) is 39.2. The van der Waals surface area contributed by atoms with Crippen molar-refractivity contribution in [2.75, 3.05) is 13.1 Å². The molecule has 1 atom stereocenters. The molecule has 0 aliphatic carbocycles. The summed E-state index contributed by atoms with van der Waals surface area (Å²) < 4.78 is 32.4. The van der Waals surface area contributed by atoms with E-state index >= 15 is 0 Å². The summed E-state index contributed by atoms with van der Waals surface area (Å²) in [5.41, 5.74) is 1.35. The highest BCUT2D eigenvalue weighted by atomic mass is 19.1. The summed E-state index contributed by atoms with van der Waals surface area (Å²) in [5.74, 6) is -3.42. The van der Waals surface area contributed by atoms with Crippen molar-refractivity contribution in [3.05, 3.63) is 70.8 Å². The summed E-state index contributed by atoms with van der Waals surface area (Å²) in [6, 6.07) is 10.1. The van der Waals surface area contributed by atoms with Crippen LogP contribution in [0.1, 0.15) is 66.8 Å². The highest BCUT2D eigenvalue weighted by Gasteiger charge is 2.31. The molecule has 2 aromatic rings. The van der Waals surface area contributed by atoms with E-state index in [1.807, 2.05) is 12.1 Å². The van der Waals surface area contributed by atoms with Crippen molar-refractivity contribution in [3.63, 3.8) is 0 Å². The van der Waals surface area contributed by atoms with Gasteiger partial charge in [0.1, 0.15) is 11.6 Å². The number of halogens is 2. The van der Waals surface area contributed by atoms with Gasteiger partial charge in [-0.25, -0.2) is 8.78 Å². The molecule has 5 nitrogen and oxygen atoms in total. The Balaban J connectivity index is 1.54. The predicted molar refractivity (Wildman–Crippen MR) is 120 cm³/mol. The van der Waals surface area contributed by atoms with Gasteiger partial charge in [0, 0.05) is 24.7 Å². The van der Waals surface area contributed by atoms with Crippen LogP contribution in [0.3, 0.4) is 0 Å². The maximum atomic E-state index is 13.9. The fourth-order valence-corrected chi connectivity index (χ4v) is 3.84. The maximum absolute atomic E-state index is 13.9. The lowest BCUT2D eigenvalue weighted by atomic mass is 9.86. The average molecular weight is 458 g/mol. The van der Waals surface area contributed by atoms with E-state index in [0.717, 1.165) is 17.7 Å². The van der Waals surface area contributed by atoms with Crippen LogP contribution in [0.4, 0.5) is 8.78 Å². The number of amides is 1. The third kappa shape index (κ3) is 5.83. The zero-order valence-electron chi connectivity index (χ0n) is 19.4. The molecule has 1 fully saturated rings. The first-order valence-corrected chi connectivity index (χ1v) is 11.1. The van der Waals surface area contributed by atoms with Crippen molar-refractivity contribution in [2.45, 2.75) is 52.1 Å². The molecular formula is C26H29F2NO4. The molecule has 1 saturated heterocycles. The van der Waals surface area contributed by atoms with E-state index < -0.39 is 35.5 Å². The first-order valence-electron chi connectivity index (χ1n) is 11.1. The molecule has 1 aliphatic heterocycles. The molecule has 1 unspecified atom stereocenters. The van der Waals surface area contributed by atoms with Gasteiger partial charge in [-0.05, 0) is 42.9 Å². The number of rotatable bonds is 5. The Morgan fingerprint density at radius 2 is 1.61 bits per heavy atom. The number of benzene rings is 2. The van der Waals surface area contributed by atoms with Gasteiger partial charge in [0.2, 0.25) is 5.78 Å². The second-order valence-corrected chi connectivity index (χ2v) is 9.46. The second-order valence-electron chi connectivity index (χ2n) is 9.46. The molecule has 3 rings (SSSR count). The lowest BCUT2D eigenvalue weighted by molar-refractivity contribution is -0.152. The summed E-state index contributed by atoms with van der Waals surface area (Å²) >= 11 is 0. The van der Waals surface area contributed by atoms with E-state index in [1.165, 1.54) is 4.90 Å². The van der Waals surface area contributed by atoms with E-state index in [-0.39, 0.29) is 29.9 Å². The maximum Gasteiger partial charge on any atom is 0.309 e. The number of hydrogen-bond donors (Lipinski definition) is 0. The van der Waals surface area contributed by atoms with Gasteiger partial charge in [-0.3, -0.25) is 14.4 Å². The molecular weight excluding hydrogens is 428 g/mol. The van der Waals surface area contributed by atoms with Gasteiger partial charge < -0.3 is 9.64 Å². The van der Waals surface area contributed by atoms with Gasteiger partial charge in [0.05, 0.1) is 11.5 Å². The van der Waals surface area contributed by atoms with Crippen molar-refractivity contribution in [1.29, 1.82) is 0 Å². The number of ether oxygens (including phenoxy) is 1. The molecule has 0 bridgehead atoms. The molecule has 0 spiro atoms. The van der Waals surface area contributed by atoms with Crippen LogP contribution < -0.4 is 0 Å². The first kappa shape index (κ1) is 24.6. The fraction of sp³-hybridized carbons (Fsp3) is 0.423. The number of carbonyl (C=O) groups is 3. The van der Waals surface area contributed by atoms with Gasteiger partial charge in [-0.2, -0.15) is 0 Å². The molecule has 0 N–H and O–H groups in total. The van der Waals surface area contributed by atoms with Crippen molar-refractivity contribution in [1.82, 2.24) is 4.90 Å². The fourth-order valence-electron chi connectivity index (χ4n) is 3.84. The van der Waals surface area contributed by atoms with Gasteiger partial charge in [0.25, 0.3) is 5.91 Å². The number of carbonyl (C=O) groups excluding carboxylic acids is 3. The summed E-state index contributed by atoms with van der Waals surface area (Å²) in [6.07, 6.45) is -0.241. The number of piperidine rings is 1. The molecule has 0 radical (unpaired) electrons. The summed E-state index contributed by atoms with van der Waals surface area (Å²) in [6.45, 7) is 8.29. The van der Waals surface area contributed by atoms with E-state index in [2.05, 4.69) is 20.8 Å². The highest BCUT2D eigenvalue weighted by molar-refractivity contribution is 6.00. The predicted octanol–water partition coefficient (Wildman–Crippen LogP) is 4.93. The minimum atomic E-state index is -0.925. The topological polar surface area (TPSA) is 63.7 Å². The smallest absolute Gasteiger partial charge is 0.309 e. The Kier molecular flexibility index (Phi) is 7.30. The van der Waals surface area contributed by atoms with E-state index in [1.54, 1.807) is 19.1 Å². The second kappa shape index (κ2) is 9.81. The van der Waals surface area contributed by atoms with Crippen LogP contribution in [0.5, 0.6) is 0 Å². The third-order valence-corrected chi connectivity index (χ3v) is 5.97. The number of esters is 1. The van der Waals surface area contributed by atoms with Gasteiger partial charge in [0.15, 0.2) is 6.10 Å². The quantitative estimate of drug-likeness (QED) is 0.472. The van der Waals surface area contributed by atoms with Crippen LogP contribution in [0.15, 0.2) is 42.5 Å². The Morgan fingerprint density at radius 1 is 1.00 bits per heavy atom. The number of hydrogen-bond acceptors (Lipinski definition) is 4. The molecule has 0 aromatic heterocycles. The van der Waals surface area contributed by atoms with Crippen LogP contribution in [0.2, 0.25) is 0 Å². The summed E-state index contributed by atoms with van der Waals surface area (Å²) in [5, 5.41) is 0. The SMILES string of the molecule is CC(OC(=O)C1CCN(C(=O)c2ccc(F)cc2F)CC1)C(=O)c1ccc(C(C)(C)C)cc1. The zero-order valence-corrected chi connectivity index (χ0v) is 19.4. The molecule has 1 aliphatic rings. The molecule has 176 valence electrons. The van der Waals surface area contributed by atoms with Gasteiger partial charge in [-0.15, -0.1) is 0 Å². The highest BCUT2D eigenvalue weighted by Crippen LogP contribution is 2.24. The van der Waals surface area contributed by atoms with Gasteiger partial charge >= 0.3 is 5.97 Å². The van der Waals surface area contributed by atoms with E-state index in [0.29, 0.717) is 24.5 Å². The largest absolute Gasteiger partial charge is 0.454 e. The molecule has 0 saturated carbocycles. The van der Waals surface area contributed by atoms with Crippen LogP contribution in [-0.2, 0) is 14.9 Å². The van der Waals surface area contributed by atoms with Crippen LogP contribution >= 0.6 is 0 Å². The zero-order chi connectivity index (χ0) is 24.3. The Morgan fingerprint density at radius 3 is 2.15 bits per heavy atom. The van der Waals surface area contributed by atoms with Crippen molar-refractivity contribution < 1.29 is 27.9 Å². The summed E-state index contributed by atoms with van der Waals surface area (Å²) in [7, 11) is 0. The number of likely N-dealkylation sites (tertiary alicyclic amines) is 1. The Bertz CT molecular complexity index is 1040.